The van der Waals surface area contributed by atoms with E-state index in [9.17, 15) is 29.8 Å². The molecule has 0 aromatic heterocycles. The Morgan fingerprint density at radius 3 is 2.42 bits per heavy atom. The molecule has 0 amide bonds. The number of methoxy groups -OCH3 is 1. The molecule has 2 N–H and O–H groups in total. The van der Waals surface area contributed by atoms with Gasteiger partial charge < -0.3 is 9.84 Å². The number of non-ortho nitro benzene ring substituents is 1. The van der Waals surface area contributed by atoms with E-state index in [4.69, 9.17) is 5.11 Å². The van der Waals surface area contributed by atoms with E-state index in [1.165, 1.54) is 0 Å². The van der Waals surface area contributed by atoms with E-state index in [0.717, 1.165) is 25.3 Å². The van der Waals surface area contributed by atoms with E-state index in [1.807, 2.05) is 0 Å². The molecule has 1 aromatic carbocycles. The van der Waals surface area contributed by atoms with Crippen LogP contribution in [0.25, 0.3) is 0 Å². The fourth-order valence-corrected chi connectivity index (χ4v) is 1.55. The normalized spacial score (nSPS) is 10.8. The number of nitro groups is 2. The molecule has 0 bridgehead atoms. The molecule has 1 aromatic rings. The number of ether oxygens (including phenoxy) is 1. The van der Waals surface area contributed by atoms with Crippen LogP contribution in [0.5, 0.6) is 0 Å². The summed E-state index contributed by atoms with van der Waals surface area (Å²) in [6, 6.07) is 2.79. The monoisotopic (exact) mass is 340 g/mol. The highest BCUT2D eigenvalue weighted by Gasteiger charge is 2.20. The number of carboxylic acid groups (broad SMARTS) is 1. The van der Waals surface area contributed by atoms with Crippen molar-refractivity contribution in [2.75, 3.05) is 12.5 Å². The summed E-state index contributed by atoms with van der Waals surface area (Å²) in [6.07, 6.45) is -0.673. The first-order valence-electron chi connectivity index (χ1n) is 6.31. The number of nitro benzene ring substituents is 2. The molecule has 0 saturated carbocycles. The van der Waals surface area contributed by atoms with E-state index < -0.39 is 39.6 Å². The van der Waals surface area contributed by atoms with Gasteiger partial charge in [-0.1, -0.05) is 0 Å². The lowest BCUT2D eigenvalue weighted by atomic mass is 10.2. The van der Waals surface area contributed by atoms with Crippen LogP contribution < -0.4 is 5.43 Å². The molecule has 0 saturated heterocycles. The van der Waals surface area contributed by atoms with Gasteiger partial charge in [0.15, 0.2) is 0 Å². The van der Waals surface area contributed by atoms with Crippen molar-refractivity contribution < 1.29 is 29.3 Å². The Labute approximate surface area is 134 Å². The van der Waals surface area contributed by atoms with Gasteiger partial charge in [0.05, 0.1) is 29.4 Å². The zero-order valence-electron chi connectivity index (χ0n) is 12.3. The zero-order chi connectivity index (χ0) is 18.3. The molecule has 12 nitrogen and oxygen atoms in total. The highest BCUT2D eigenvalue weighted by molar-refractivity contribution is 6.36. The largest absolute Gasteiger partial charge is 0.481 e. The van der Waals surface area contributed by atoms with Gasteiger partial charge in [0.2, 0.25) is 0 Å². The third-order valence-corrected chi connectivity index (χ3v) is 2.70. The van der Waals surface area contributed by atoms with Crippen LogP contribution in [-0.2, 0) is 14.3 Å². The van der Waals surface area contributed by atoms with Crippen molar-refractivity contribution in [2.24, 2.45) is 5.10 Å². The van der Waals surface area contributed by atoms with Crippen LogP contribution in [0.2, 0.25) is 0 Å². The van der Waals surface area contributed by atoms with Crippen molar-refractivity contribution in [3.05, 3.63) is 38.4 Å². The quantitative estimate of drug-likeness (QED) is 0.306. The first-order chi connectivity index (χ1) is 11.3. The van der Waals surface area contributed by atoms with Crippen molar-refractivity contribution in [2.45, 2.75) is 12.8 Å². The smallest absolute Gasteiger partial charge is 0.354 e. The fraction of sp³-hybridized carbons (Fsp3) is 0.250. The minimum absolute atomic E-state index is 0.206. The first-order valence-corrected chi connectivity index (χ1v) is 6.31. The van der Waals surface area contributed by atoms with Crippen molar-refractivity contribution in [3.8, 4) is 0 Å². The summed E-state index contributed by atoms with van der Waals surface area (Å²) in [5.74, 6) is -2.08. The number of hydrogen-bond donors (Lipinski definition) is 2. The number of carbonyl (C=O) groups excluding carboxylic acids is 1. The summed E-state index contributed by atoms with van der Waals surface area (Å²) in [6.45, 7) is 0. The molecule has 128 valence electrons. The summed E-state index contributed by atoms with van der Waals surface area (Å²) < 4.78 is 4.44. The third-order valence-electron chi connectivity index (χ3n) is 2.70. The SMILES string of the molecule is COC(=O)/C(CCC(=O)O)=N\Nc1ccc([N+](=O)[O-])cc1[N+](=O)[O-]. The van der Waals surface area contributed by atoms with Crippen molar-refractivity contribution >= 4 is 34.7 Å². The average Bonchev–Trinajstić information content (AvgIpc) is 2.53. The van der Waals surface area contributed by atoms with Crippen LogP contribution in [-0.4, -0.2) is 39.7 Å². The molecule has 12 heteroatoms. The van der Waals surface area contributed by atoms with Gasteiger partial charge in [-0.3, -0.25) is 30.4 Å². The van der Waals surface area contributed by atoms with E-state index >= 15 is 0 Å². The number of hydrogen-bond acceptors (Lipinski definition) is 9. The molecule has 0 unspecified atom stereocenters. The van der Waals surface area contributed by atoms with Crippen LogP contribution >= 0.6 is 0 Å². The Kier molecular flexibility index (Phi) is 6.29. The Morgan fingerprint density at radius 1 is 1.25 bits per heavy atom. The number of nitrogens with zero attached hydrogens (tertiary/aromatic N) is 3. The Bertz CT molecular complexity index is 715. The topological polar surface area (TPSA) is 174 Å². The van der Waals surface area contributed by atoms with Crippen molar-refractivity contribution in [3.63, 3.8) is 0 Å². The van der Waals surface area contributed by atoms with Crippen LogP contribution in [0.15, 0.2) is 23.3 Å². The summed E-state index contributed by atoms with van der Waals surface area (Å²) in [5, 5.41) is 33.8. The standard InChI is InChI=1S/C12H12N4O8/c1-24-12(19)9(4-5-11(17)18)14-13-8-3-2-7(15(20)21)6-10(8)16(22)23/h2-3,6,13H,4-5H2,1H3,(H,17,18)/b14-9-. The molecule has 0 aliphatic rings. The third kappa shape index (κ3) is 5.01. The lowest BCUT2D eigenvalue weighted by molar-refractivity contribution is -0.393. The summed E-state index contributed by atoms with van der Waals surface area (Å²) in [5.41, 5.74) is 0.605. The molecule has 1 rings (SSSR count). The molecular formula is C12H12N4O8. The lowest BCUT2D eigenvalue weighted by Gasteiger charge is -2.05. The minimum atomic E-state index is -1.17. The number of hydrazone groups is 1. The van der Waals surface area contributed by atoms with Crippen LogP contribution in [0.3, 0.4) is 0 Å². The van der Waals surface area contributed by atoms with Gasteiger partial charge in [-0.05, 0) is 6.07 Å². The summed E-state index contributed by atoms with van der Waals surface area (Å²) in [4.78, 5) is 42.0. The van der Waals surface area contributed by atoms with Crippen LogP contribution in [0, 0.1) is 20.2 Å². The maximum absolute atomic E-state index is 11.5. The van der Waals surface area contributed by atoms with E-state index in [-0.39, 0.29) is 17.8 Å². The number of rotatable bonds is 8. The molecule has 0 aliphatic carbocycles. The number of aliphatic carboxylic acids is 1. The maximum Gasteiger partial charge on any atom is 0.354 e. The van der Waals surface area contributed by atoms with Gasteiger partial charge in [-0.15, -0.1) is 0 Å². The number of benzene rings is 1. The number of esters is 1. The zero-order valence-corrected chi connectivity index (χ0v) is 12.3. The van der Waals surface area contributed by atoms with E-state index in [2.05, 4.69) is 15.3 Å². The molecule has 24 heavy (non-hydrogen) atoms. The highest BCUT2D eigenvalue weighted by atomic mass is 16.6. The second-order valence-electron chi connectivity index (χ2n) is 4.27. The Morgan fingerprint density at radius 2 is 1.92 bits per heavy atom. The van der Waals surface area contributed by atoms with Crippen LogP contribution in [0.4, 0.5) is 17.1 Å². The highest BCUT2D eigenvalue weighted by Crippen LogP contribution is 2.28. The minimum Gasteiger partial charge on any atom is -0.481 e. The van der Waals surface area contributed by atoms with Gasteiger partial charge in [0.25, 0.3) is 5.69 Å². The maximum atomic E-state index is 11.5. The predicted molar refractivity (Wildman–Crippen MR) is 79.7 cm³/mol. The Hall–Kier alpha value is -3.57. The van der Waals surface area contributed by atoms with Gasteiger partial charge in [-0.2, -0.15) is 5.10 Å². The fourth-order valence-electron chi connectivity index (χ4n) is 1.55. The Balaban J connectivity index is 3.11. The molecule has 0 atom stereocenters. The molecule has 0 aliphatic heterocycles. The van der Waals surface area contributed by atoms with Crippen LogP contribution in [0.1, 0.15) is 12.8 Å². The average molecular weight is 340 g/mol. The number of carboxylic acids is 1. The molecule has 0 radical (unpaired) electrons. The number of anilines is 1. The second kappa shape index (κ2) is 8.17. The molecule has 0 heterocycles. The number of nitrogens with one attached hydrogen (secondary N) is 1. The second-order valence-corrected chi connectivity index (χ2v) is 4.27. The first kappa shape index (κ1) is 18.5. The van der Waals surface area contributed by atoms with Crippen molar-refractivity contribution in [1.82, 2.24) is 0 Å². The van der Waals surface area contributed by atoms with E-state index in [1.54, 1.807) is 0 Å². The number of carbonyl (C=O) groups is 2. The van der Waals surface area contributed by atoms with Gasteiger partial charge >= 0.3 is 17.6 Å². The molecule has 0 fully saturated rings. The van der Waals surface area contributed by atoms with Crippen molar-refractivity contribution in [1.29, 1.82) is 0 Å². The molecule has 0 spiro atoms. The molecular weight excluding hydrogens is 328 g/mol. The lowest BCUT2D eigenvalue weighted by Crippen LogP contribution is -2.19. The van der Waals surface area contributed by atoms with Gasteiger partial charge in [0.1, 0.15) is 11.4 Å². The van der Waals surface area contributed by atoms with Gasteiger partial charge in [-0.25, -0.2) is 4.79 Å². The predicted octanol–water partition coefficient (Wildman–Crippen LogP) is 1.31. The van der Waals surface area contributed by atoms with E-state index in [0.29, 0.717) is 0 Å². The summed E-state index contributed by atoms with van der Waals surface area (Å²) in [7, 11) is 1.06. The van der Waals surface area contributed by atoms with Gasteiger partial charge in [0, 0.05) is 12.5 Å². The summed E-state index contributed by atoms with van der Waals surface area (Å²) >= 11 is 0.